The Hall–Kier alpha value is -3.12. The monoisotopic (exact) mass is 374 g/mol. The van der Waals surface area contributed by atoms with Crippen molar-refractivity contribution in [1.29, 1.82) is 0 Å². The predicted molar refractivity (Wildman–Crippen MR) is 106 cm³/mol. The van der Waals surface area contributed by atoms with E-state index in [1.165, 1.54) is 6.42 Å². The van der Waals surface area contributed by atoms with Crippen LogP contribution in [0.4, 0.5) is 0 Å². The Morgan fingerprint density at radius 1 is 1.18 bits per heavy atom. The van der Waals surface area contributed by atoms with Gasteiger partial charge in [0, 0.05) is 24.2 Å². The van der Waals surface area contributed by atoms with E-state index in [0.717, 1.165) is 17.9 Å². The Morgan fingerprint density at radius 2 is 1.96 bits per heavy atom. The SMILES string of the molecule is CN1C[C@H](NC(=O)c2cc(-c3ccccc3Oc3ccccc3)n[nH]2)[C@@H]2CC21. The Kier molecular flexibility index (Phi) is 4.13. The molecule has 1 aliphatic carbocycles. The molecule has 3 atom stereocenters. The van der Waals surface area contributed by atoms with E-state index in [1.54, 1.807) is 6.07 Å². The van der Waals surface area contributed by atoms with Gasteiger partial charge in [0.1, 0.15) is 17.2 Å². The molecule has 0 bridgehead atoms. The molecule has 1 saturated carbocycles. The number of carbonyl (C=O) groups excluding carboxylic acids is 1. The van der Waals surface area contributed by atoms with Crippen LogP contribution in [-0.4, -0.2) is 46.7 Å². The third kappa shape index (κ3) is 3.16. The van der Waals surface area contributed by atoms with Crippen molar-refractivity contribution in [3.63, 3.8) is 0 Å². The molecule has 2 N–H and O–H groups in total. The first-order valence-corrected chi connectivity index (χ1v) is 9.58. The first-order valence-electron chi connectivity index (χ1n) is 9.58. The summed E-state index contributed by atoms with van der Waals surface area (Å²) in [7, 11) is 2.12. The highest BCUT2D eigenvalue weighted by atomic mass is 16.5. The molecule has 2 aliphatic rings. The van der Waals surface area contributed by atoms with Gasteiger partial charge in [-0.15, -0.1) is 0 Å². The van der Waals surface area contributed by atoms with Crippen molar-refractivity contribution in [3.05, 3.63) is 66.4 Å². The maximum atomic E-state index is 12.7. The minimum absolute atomic E-state index is 0.105. The van der Waals surface area contributed by atoms with Crippen LogP contribution in [0.25, 0.3) is 11.3 Å². The summed E-state index contributed by atoms with van der Waals surface area (Å²) in [5.74, 6) is 1.95. The second-order valence-corrected chi connectivity index (χ2v) is 7.56. The van der Waals surface area contributed by atoms with Gasteiger partial charge in [-0.2, -0.15) is 5.10 Å². The highest BCUT2D eigenvalue weighted by molar-refractivity contribution is 5.93. The van der Waals surface area contributed by atoms with Crippen LogP contribution in [-0.2, 0) is 0 Å². The van der Waals surface area contributed by atoms with Crippen LogP contribution >= 0.6 is 0 Å². The highest BCUT2D eigenvalue weighted by Crippen LogP contribution is 2.43. The van der Waals surface area contributed by atoms with Gasteiger partial charge in [-0.25, -0.2) is 0 Å². The minimum atomic E-state index is -0.105. The molecule has 1 amide bonds. The van der Waals surface area contributed by atoms with Crippen LogP contribution in [0.2, 0.25) is 0 Å². The first kappa shape index (κ1) is 17.0. The fourth-order valence-electron chi connectivity index (χ4n) is 4.08. The van der Waals surface area contributed by atoms with Crippen molar-refractivity contribution in [2.45, 2.75) is 18.5 Å². The van der Waals surface area contributed by atoms with Gasteiger partial charge < -0.3 is 15.0 Å². The molecule has 0 spiro atoms. The molecule has 1 aromatic heterocycles. The number of piperidine rings is 1. The lowest BCUT2D eigenvalue weighted by molar-refractivity contribution is 0.0927. The number of aromatic nitrogens is 2. The predicted octanol–water partition coefficient (Wildman–Crippen LogP) is 3.30. The van der Waals surface area contributed by atoms with Gasteiger partial charge in [0.15, 0.2) is 0 Å². The summed E-state index contributed by atoms with van der Waals surface area (Å²) >= 11 is 0. The number of rotatable bonds is 5. The highest BCUT2D eigenvalue weighted by Gasteiger charge is 2.52. The quantitative estimate of drug-likeness (QED) is 0.719. The summed E-state index contributed by atoms with van der Waals surface area (Å²) in [4.78, 5) is 15.0. The number of amides is 1. The third-order valence-electron chi connectivity index (χ3n) is 5.65. The van der Waals surface area contributed by atoms with Gasteiger partial charge in [-0.1, -0.05) is 30.3 Å². The summed E-state index contributed by atoms with van der Waals surface area (Å²) in [6.45, 7) is 0.913. The van der Waals surface area contributed by atoms with Gasteiger partial charge in [-0.05, 0) is 49.7 Å². The molecule has 2 heterocycles. The Labute approximate surface area is 163 Å². The average molecular weight is 374 g/mol. The molecule has 28 heavy (non-hydrogen) atoms. The zero-order chi connectivity index (χ0) is 19.1. The van der Waals surface area contributed by atoms with E-state index in [9.17, 15) is 4.79 Å². The van der Waals surface area contributed by atoms with Crippen molar-refractivity contribution >= 4 is 5.91 Å². The van der Waals surface area contributed by atoms with E-state index in [1.807, 2.05) is 54.6 Å². The van der Waals surface area contributed by atoms with E-state index in [-0.39, 0.29) is 11.9 Å². The number of hydrogen-bond donors (Lipinski definition) is 2. The molecular formula is C22H22N4O2. The molecule has 3 aromatic rings. The number of likely N-dealkylation sites (N-methyl/N-ethyl adjacent to an activating group) is 1. The average Bonchev–Trinajstić information content (AvgIpc) is 3.26. The minimum Gasteiger partial charge on any atom is -0.457 e. The van der Waals surface area contributed by atoms with Crippen LogP contribution in [0.3, 0.4) is 0 Å². The molecule has 142 valence electrons. The zero-order valence-corrected chi connectivity index (χ0v) is 15.6. The number of ether oxygens (including phenoxy) is 1. The van der Waals surface area contributed by atoms with Gasteiger partial charge >= 0.3 is 0 Å². The molecule has 6 heteroatoms. The fraction of sp³-hybridized carbons (Fsp3) is 0.273. The molecule has 0 radical (unpaired) electrons. The number of nitrogens with one attached hydrogen (secondary N) is 2. The summed E-state index contributed by atoms with van der Waals surface area (Å²) in [5.41, 5.74) is 1.99. The number of aromatic amines is 1. The van der Waals surface area contributed by atoms with E-state index >= 15 is 0 Å². The Morgan fingerprint density at radius 3 is 2.71 bits per heavy atom. The van der Waals surface area contributed by atoms with Crippen molar-refractivity contribution in [3.8, 4) is 22.8 Å². The van der Waals surface area contributed by atoms with Crippen molar-refractivity contribution in [1.82, 2.24) is 20.4 Å². The van der Waals surface area contributed by atoms with Crippen molar-refractivity contribution in [2.75, 3.05) is 13.6 Å². The second-order valence-electron chi connectivity index (χ2n) is 7.56. The van der Waals surface area contributed by atoms with E-state index in [0.29, 0.717) is 29.1 Å². The second kappa shape index (κ2) is 6.80. The summed E-state index contributed by atoms with van der Waals surface area (Å²) in [6, 6.07) is 20.0. The lowest BCUT2D eigenvalue weighted by atomic mass is 10.1. The van der Waals surface area contributed by atoms with Gasteiger partial charge in [-0.3, -0.25) is 9.89 Å². The molecule has 5 rings (SSSR count). The molecule has 6 nitrogen and oxygen atoms in total. The number of benzene rings is 2. The van der Waals surface area contributed by atoms with Crippen LogP contribution in [0, 0.1) is 5.92 Å². The first-order chi connectivity index (χ1) is 13.7. The Bertz CT molecular complexity index is 1000. The number of para-hydroxylation sites is 2. The van der Waals surface area contributed by atoms with E-state index in [2.05, 4.69) is 27.5 Å². The number of hydrogen-bond acceptors (Lipinski definition) is 4. The number of nitrogens with zero attached hydrogens (tertiary/aromatic N) is 2. The van der Waals surface area contributed by atoms with E-state index in [4.69, 9.17) is 4.74 Å². The number of fused-ring (bicyclic) bond motifs is 1. The van der Waals surface area contributed by atoms with Gasteiger partial charge in [0.2, 0.25) is 0 Å². The maximum Gasteiger partial charge on any atom is 0.269 e. The van der Waals surface area contributed by atoms with E-state index < -0.39 is 0 Å². The fourth-order valence-corrected chi connectivity index (χ4v) is 4.08. The lowest BCUT2D eigenvalue weighted by Crippen LogP contribution is -2.39. The van der Waals surface area contributed by atoms with Gasteiger partial charge in [0.05, 0.1) is 5.69 Å². The molecule has 2 fully saturated rings. The van der Waals surface area contributed by atoms with Crippen molar-refractivity contribution in [2.24, 2.45) is 5.92 Å². The third-order valence-corrected chi connectivity index (χ3v) is 5.65. The lowest BCUT2D eigenvalue weighted by Gasteiger charge is -2.16. The summed E-state index contributed by atoms with van der Waals surface area (Å²) in [5, 5.41) is 10.4. The maximum absolute atomic E-state index is 12.7. The molecular weight excluding hydrogens is 352 g/mol. The number of likely N-dealkylation sites (tertiary alicyclic amines) is 1. The van der Waals surface area contributed by atoms with Gasteiger partial charge in [0.25, 0.3) is 5.91 Å². The molecule has 1 aliphatic heterocycles. The topological polar surface area (TPSA) is 70.2 Å². The smallest absolute Gasteiger partial charge is 0.269 e. The van der Waals surface area contributed by atoms with Crippen molar-refractivity contribution < 1.29 is 9.53 Å². The van der Waals surface area contributed by atoms with Crippen LogP contribution < -0.4 is 10.1 Å². The zero-order valence-electron chi connectivity index (χ0n) is 15.6. The molecule has 1 saturated heterocycles. The molecule has 1 unspecified atom stereocenters. The number of H-pyrrole nitrogens is 1. The molecule has 2 aromatic carbocycles. The largest absolute Gasteiger partial charge is 0.457 e. The number of carbonyl (C=O) groups is 1. The van der Waals surface area contributed by atoms with Crippen LogP contribution in [0.1, 0.15) is 16.9 Å². The standard InChI is InChI=1S/C22H22N4O2/c1-26-13-19(16-11-20(16)26)23-22(27)18-12-17(24-25-18)15-9-5-6-10-21(15)28-14-7-3-2-4-8-14/h2-10,12,16,19-20H,11,13H2,1H3,(H,23,27)(H,24,25)/t16-,19-,20?/m0/s1. The Balaban J connectivity index is 1.34. The van der Waals surface area contributed by atoms with Crippen LogP contribution in [0.15, 0.2) is 60.7 Å². The normalized spacial score (nSPS) is 23.2. The summed E-state index contributed by atoms with van der Waals surface area (Å²) < 4.78 is 6.01. The van der Waals surface area contributed by atoms with Crippen LogP contribution in [0.5, 0.6) is 11.5 Å². The summed E-state index contributed by atoms with van der Waals surface area (Å²) in [6.07, 6.45) is 1.18.